The van der Waals surface area contributed by atoms with Crippen molar-refractivity contribution in [2.45, 2.75) is 25.3 Å². The number of benzene rings is 2. The minimum absolute atomic E-state index is 0.0779. The van der Waals surface area contributed by atoms with Gasteiger partial charge in [-0.1, -0.05) is 0 Å². The third kappa shape index (κ3) is 3.78. The molecule has 2 aliphatic rings. The topological polar surface area (TPSA) is 106 Å². The summed E-state index contributed by atoms with van der Waals surface area (Å²) in [5.41, 5.74) is 2.97. The van der Waals surface area contributed by atoms with Crippen LogP contribution in [0.2, 0.25) is 0 Å². The zero-order valence-electron chi connectivity index (χ0n) is 20.9. The van der Waals surface area contributed by atoms with Crippen LogP contribution < -0.4 is 29.0 Å². The minimum atomic E-state index is -0.530. The number of ether oxygens (including phenoxy) is 5. The van der Waals surface area contributed by atoms with Crippen LogP contribution in [0.4, 0.5) is 5.95 Å². The Balaban J connectivity index is 1.71. The maximum absolute atomic E-state index is 13.2. The first kappa shape index (κ1) is 23.5. The second-order valence-electron chi connectivity index (χ2n) is 8.42. The number of nitrogens with zero attached hydrogens (tertiary/aromatic N) is 3. The van der Waals surface area contributed by atoms with Crippen LogP contribution in [0.15, 0.2) is 41.6 Å². The Labute approximate surface area is 208 Å². The van der Waals surface area contributed by atoms with E-state index in [1.165, 1.54) is 0 Å². The third-order valence-electron chi connectivity index (χ3n) is 6.52. The molecular weight excluding hydrogens is 464 g/mol. The molecule has 0 radical (unpaired) electrons. The number of hydrogen-bond acceptors (Lipinski definition) is 9. The summed E-state index contributed by atoms with van der Waals surface area (Å²) in [5, 5.41) is 8.20. The average Bonchev–Trinajstić information content (AvgIpc) is 3.34. The summed E-state index contributed by atoms with van der Waals surface area (Å²) < 4.78 is 29.4. The van der Waals surface area contributed by atoms with Crippen molar-refractivity contribution in [2.75, 3.05) is 40.9 Å². The van der Waals surface area contributed by atoms with Gasteiger partial charge < -0.3 is 29.0 Å². The molecule has 188 valence electrons. The molecule has 0 saturated heterocycles. The van der Waals surface area contributed by atoms with Crippen molar-refractivity contribution in [2.24, 2.45) is 0 Å². The highest BCUT2D eigenvalue weighted by Crippen LogP contribution is 2.45. The molecular formula is C26H28N4O6. The molecule has 5 rings (SSSR count). The van der Waals surface area contributed by atoms with Crippen LogP contribution >= 0.6 is 0 Å². The number of nitrogens with one attached hydrogen (secondary N) is 1. The van der Waals surface area contributed by atoms with Crippen molar-refractivity contribution < 1.29 is 28.5 Å². The lowest BCUT2D eigenvalue weighted by Crippen LogP contribution is -2.31. The number of hydrogen-bond donors (Lipinski definition) is 1. The summed E-state index contributed by atoms with van der Waals surface area (Å²) in [5.74, 6) is 3.79. The SMILES string of the molecule is COc1ccc(OC)c([C@H]2C3=C(CCCC3=O)Nc3nc(-c4cc(OC)c(OC)c(OC)c4)nn32)c1. The molecule has 0 spiro atoms. The lowest BCUT2D eigenvalue weighted by Gasteiger charge is -2.32. The standard InChI is InChI=1S/C26H28N4O6/c1-32-15-9-10-19(33-2)16(13-15)23-22-17(7-6-8-18(22)31)27-26-28-25(29-30(23)26)14-11-20(34-3)24(36-5)21(12-14)35-4/h9-13,23H,6-8H2,1-5H3,(H,27,28,29)/t23-/m0/s1. The lowest BCUT2D eigenvalue weighted by molar-refractivity contribution is -0.116. The van der Waals surface area contributed by atoms with Gasteiger partial charge in [-0.25, -0.2) is 4.68 Å². The predicted octanol–water partition coefficient (Wildman–Crippen LogP) is 4.01. The van der Waals surface area contributed by atoms with Gasteiger partial charge in [0.05, 0.1) is 35.5 Å². The summed E-state index contributed by atoms with van der Waals surface area (Å²) in [6, 6.07) is 8.60. The quantitative estimate of drug-likeness (QED) is 0.524. The molecule has 0 saturated carbocycles. The number of aromatic nitrogens is 3. The average molecular weight is 493 g/mol. The molecule has 0 bridgehead atoms. The smallest absolute Gasteiger partial charge is 0.226 e. The fourth-order valence-electron chi connectivity index (χ4n) is 4.83. The molecule has 0 amide bonds. The Kier molecular flexibility index (Phi) is 6.17. The molecule has 1 aliphatic carbocycles. The Morgan fingerprint density at radius 3 is 2.25 bits per heavy atom. The number of carbonyl (C=O) groups is 1. The summed E-state index contributed by atoms with van der Waals surface area (Å²) in [4.78, 5) is 18.0. The summed E-state index contributed by atoms with van der Waals surface area (Å²) in [6.07, 6.45) is 2.00. The van der Waals surface area contributed by atoms with Crippen LogP contribution in [0.1, 0.15) is 30.9 Å². The van der Waals surface area contributed by atoms with Crippen molar-refractivity contribution in [1.82, 2.24) is 14.8 Å². The normalized spacial score (nSPS) is 16.6. The van der Waals surface area contributed by atoms with Gasteiger partial charge in [0, 0.05) is 28.8 Å². The number of fused-ring (bicyclic) bond motifs is 1. The highest BCUT2D eigenvalue weighted by molar-refractivity contribution is 5.99. The van der Waals surface area contributed by atoms with Crippen LogP contribution in [-0.4, -0.2) is 56.1 Å². The van der Waals surface area contributed by atoms with Gasteiger partial charge in [0.2, 0.25) is 11.7 Å². The molecule has 1 aromatic heterocycles. The van der Waals surface area contributed by atoms with Gasteiger partial charge in [0.15, 0.2) is 23.1 Å². The van der Waals surface area contributed by atoms with Crippen molar-refractivity contribution in [1.29, 1.82) is 0 Å². The second-order valence-corrected chi connectivity index (χ2v) is 8.42. The van der Waals surface area contributed by atoms with Gasteiger partial charge in [-0.05, 0) is 43.2 Å². The van der Waals surface area contributed by atoms with Crippen molar-refractivity contribution in [3.05, 3.63) is 47.2 Å². The molecule has 10 heteroatoms. The lowest BCUT2D eigenvalue weighted by atomic mass is 9.85. The second kappa shape index (κ2) is 9.44. The Morgan fingerprint density at radius 2 is 1.61 bits per heavy atom. The van der Waals surface area contributed by atoms with E-state index in [-0.39, 0.29) is 5.78 Å². The molecule has 1 N–H and O–H groups in total. The van der Waals surface area contributed by atoms with Crippen molar-refractivity contribution in [3.8, 4) is 40.1 Å². The van der Waals surface area contributed by atoms with E-state index in [1.807, 2.05) is 18.2 Å². The van der Waals surface area contributed by atoms with Gasteiger partial charge >= 0.3 is 0 Å². The number of carbonyl (C=O) groups excluding carboxylic acids is 1. The van der Waals surface area contributed by atoms with Crippen molar-refractivity contribution in [3.63, 3.8) is 0 Å². The highest BCUT2D eigenvalue weighted by Gasteiger charge is 2.38. The highest BCUT2D eigenvalue weighted by atomic mass is 16.5. The van der Waals surface area contributed by atoms with Crippen LogP contribution in [0.25, 0.3) is 11.4 Å². The van der Waals surface area contributed by atoms with Crippen LogP contribution in [0.5, 0.6) is 28.7 Å². The zero-order chi connectivity index (χ0) is 25.4. The van der Waals surface area contributed by atoms with Crippen LogP contribution in [-0.2, 0) is 4.79 Å². The molecule has 1 atom stereocenters. The van der Waals surface area contributed by atoms with Gasteiger partial charge in [-0.2, -0.15) is 4.98 Å². The number of allylic oxidation sites excluding steroid dienone is 2. The van der Waals surface area contributed by atoms with Gasteiger partial charge in [-0.3, -0.25) is 4.79 Å². The molecule has 36 heavy (non-hydrogen) atoms. The van der Waals surface area contributed by atoms with Crippen molar-refractivity contribution >= 4 is 11.7 Å². The largest absolute Gasteiger partial charge is 0.497 e. The maximum Gasteiger partial charge on any atom is 0.226 e. The third-order valence-corrected chi connectivity index (χ3v) is 6.52. The van der Waals surface area contributed by atoms with E-state index in [4.69, 9.17) is 33.8 Å². The first-order valence-electron chi connectivity index (χ1n) is 11.5. The van der Waals surface area contributed by atoms with E-state index < -0.39 is 6.04 Å². The van der Waals surface area contributed by atoms with E-state index in [0.717, 1.165) is 24.1 Å². The molecule has 2 aromatic carbocycles. The summed E-state index contributed by atoms with van der Waals surface area (Å²) >= 11 is 0. The predicted molar refractivity (Wildman–Crippen MR) is 132 cm³/mol. The zero-order valence-corrected chi connectivity index (χ0v) is 20.9. The number of ketones is 1. The van der Waals surface area contributed by atoms with E-state index >= 15 is 0 Å². The molecule has 1 aliphatic heterocycles. The van der Waals surface area contributed by atoms with Gasteiger partial charge in [0.1, 0.15) is 17.5 Å². The molecule has 10 nitrogen and oxygen atoms in total. The Bertz CT molecular complexity index is 1340. The number of anilines is 1. The monoisotopic (exact) mass is 492 g/mol. The molecule has 3 aromatic rings. The molecule has 0 unspecified atom stereocenters. The first-order valence-corrected chi connectivity index (χ1v) is 11.5. The van der Waals surface area contributed by atoms with Crippen LogP contribution in [0.3, 0.4) is 0 Å². The Hall–Kier alpha value is -4.21. The number of methoxy groups -OCH3 is 5. The summed E-state index contributed by atoms with van der Waals surface area (Å²) in [6.45, 7) is 0. The first-order chi connectivity index (χ1) is 17.5. The number of rotatable bonds is 7. The van der Waals surface area contributed by atoms with Gasteiger partial charge in [-0.15, -0.1) is 5.10 Å². The minimum Gasteiger partial charge on any atom is -0.497 e. The number of Topliss-reactive ketones (excluding diaryl/α,β-unsaturated/α-hetero) is 1. The van der Waals surface area contributed by atoms with E-state index in [1.54, 1.807) is 52.4 Å². The van der Waals surface area contributed by atoms with E-state index in [0.29, 0.717) is 58.1 Å². The van der Waals surface area contributed by atoms with E-state index in [9.17, 15) is 4.79 Å². The molecule has 0 fully saturated rings. The molecule has 2 heterocycles. The maximum atomic E-state index is 13.2. The van der Waals surface area contributed by atoms with E-state index in [2.05, 4.69) is 5.32 Å². The fraction of sp³-hybridized carbons (Fsp3) is 0.346. The van der Waals surface area contributed by atoms with Crippen LogP contribution in [0, 0.1) is 0 Å². The Morgan fingerprint density at radius 1 is 0.889 bits per heavy atom. The summed E-state index contributed by atoms with van der Waals surface area (Å²) in [7, 11) is 7.88. The van der Waals surface area contributed by atoms with Gasteiger partial charge in [0.25, 0.3) is 0 Å². The fourth-order valence-corrected chi connectivity index (χ4v) is 4.83.